The van der Waals surface area contributed by atoms with Gasteiger partial charge >= 0.3 is 7.12 Å². The smallest absolute Gasteiger partial charge is 0.414 e. The van der Waals surface area contributed by atoms with Gasteiger partial charge in [-0.05, 0) is 78.4 Å². The van der Waals surface area contributed by atoms with Crippen LogP contribution in [0.4, 0.5) is 0 Å². The highest BCUT2D eigenvalue weighted by Gasteiger charge is 2.52. The lowest BCUT2D eigenvalue weighted by Gasteiger charge is -2.41. The average molecular weight is 420 g/mol. The van der Waals surface area contributed by atoms with Gasteiger partial charge in [-0.15, -0.1) is 0 Å². The highest BCUT2D eigenvalue weighted by atomic mass is 28.4. The molecule has 1 saturated heterocycles. The summed E-state index contributed by atoms with van der Waals surface area (Å²) in [5.41, 5.74) is 1.57. The molecule has 0 N–H and O–H groups in total. The van der Waals surface area contributed by atoms with Gasteiger partial charge in [0.05, 0.1) is 17.2 Å². The Kier molecular flexibility index (Phi) is 5.96. The molecule has 3 rings (SSSR count). The number of nitrogens with zero attached hydrogens (tertiary/aromatic N) is 2. The van der Waals surface area contributed by atoms with Crippen molar-refractivity contribution < 1.29 is 13.7 Å². The van der Waals surface area contributed by atoms with Crippen LogP contribution in [0.15, 0.2) is 6.20 Å². The average Bonchev–Trinajstić information content (AvgIpc) is 3.03. The molecule has 2 aliphatic rings. The van der Waals surface area contributed by atoms with E-state index in [0.29, 0.717) is 12.1 Å². The Labute approximate surface area is 179 Å². The molecule has 164 valence electrons. The zero-order chi connectivity index (χ0) is 21.8. The summed E-state index contributed by atoms with van der Waals surface area (Å²) in [5, 5.41) is 5.01. The molecule has 0 atom stereocenters. The molecule has 1 aliphatic heterocycles. The molecule has 1 saturated carbocycles. The summed E-state index contributed by atoms with van der Waals surface area (Å²) < 4.78 is 21.3. The van der Waals surface area contributed by atoms with Crippen LogP contribution in [-0.4, -0.2) is 42.5 Å². The van der Waals surface area contributed by atoms with Gasteiger partial charge < -0.3 is 13.7 Å². The van der Waals surface area contributed by atoms with Crippen LogP contribution in [0, 0.1) is 6.92 Å². The van der Waals surface area contributed by atoms with Crippen LogP contribution in [0.1, 0.15) is 85.9 Å². The first-order valence-electron chi connectivity index (χ1n) is 11.2. The zero-order valence-electron chi connectivity index (χ0n) is 20.3. The van der Waals surface area contributed by atoms with E-state index < -0.39 is 8.32 Å². The maximum absolute atomic E-state index is 6.66. The van der Waals surface area contributed by atoms with E-state index in [1.54, 1.807) is 0 Å². The van der Waals surface area contributed by atoms with Crippen molar-refractivity contribution in [2.45, 2.75) is 123 Å². The van der Waals surface area contributed by atoms with Gasteiger partial charge in [0.25, 0.3) is 0 Å². The van der Waals surface area contributed by atoms with E-state index in [0.717, 1.165) is 36.8 Å². The third-order valence-electron chi connectivity index (χ3n) is 7.85. The van der Waals surface area contributed by atoms with Gasteiger partial charge in [-0.2, -0.15) is 5.10 Å². The van der Waals surface area contributed by atoms with Crippen molar-refractivity contribution in [3.05, 3.63) is 11.9 Å². The largest absolute Gasteiger partial charge is 0.498 e. The van der Waals surface area contributed by atoms with Crippen LogP contribution in [-0.2, 0) is 13.7 Å². The van der Waals surface area contributed by atoms with E-state index in [-0.39, 0.29) is 23.4 Å². The standard InChI is InChI=1S/C22H41BN2O3Si/c1-16-19(23-27-21(5,6)22(7,8)28-23)15-24-25(16)17-11-13-18(14-12-17)26-29(9,10)20(2,3)4/h15,17-18H,11-14H2,1-10H3/t17-,18-. The molecule has 0 unspecified atom stereocenters. The SMILES string of the molecule is Cc1c(B2OC(C)(C)C(C)(C)O2)cnn1[C@H]1CC[C@H](O[Si](C)(C)C(C)(C)C)CC1. The lowest BCUT2D eigenvalue weighted by atomic mass is 9.79. The monoisotopic (exact) mass is 420 g/mol. The second-order valence-corrected chi connectivity index (χ2v) is 16.3. The zero-order valence-corrected chi connectivity index (χ0v) is 21.3. The minimum atomic E-state index is -1.70. The minimum Gasteiger partial charge on any atom is -0.414 e. The topological polar surface area (TPSA) is 45.5 Å². The molecule has 0 spiro atoms. The highest BCUT2D eigenvalue weighted by Crippen LogP contribution is 2.41. The van der Waals surface area contributed by atoms with Crippen molar-refractivity contribution in [1.82, 2.24) is 9.78 Å². The van der Waals surface area contributed by atoms with Gasteiger partial charge in [0.2, 0.25) is 0 Å². The van der Waals surface area contributed by atoms with E-state index in [4.69, 9.17) is 18.8 Å². The van der Waals surface area contributed by atoms with Crippen LogP contribution >= 0.6 is 0 Å². The molecule has 2 fully saturated rings. The Balaban J connectivity index is 1.65. The van der Waals surface area contributed by atoms with Crippen molar-refractivity contribution in [2.24, 2.45) is 0 Å². The molecule has 5 nitrogen and oxygen atoms in total. The van der Waals surface area contributed by atoms with Gasteiger partial charge in [-0.3, -0.25) is 4.68 Å². The van der Waals surface area contributed by atoms with Crippen molar-refractivity contribution in [3.63, 3.8) is 0 Å². The molecule has 2 heterocycles. The predicted molar refractivity (Wildman–Crippen MR) is 122 cm³/mol. The van der Waals surface area contributed by atoms with Crippen molar-refractivity contribution >= 4 is 20.9 Å². The first kappa shape index (κ1) is 23.0. The maximum atomic E-state index is 6.66. The minimum absolute atomic E-state index is 0.264. The lowest BCUT2D eigenvalue weighted by Crippen LogP contribution is -2.44. The van der Waals surface area contributed by atoms with E-state index in [9.17, 15) is 0 Å². The van der Waals surface area contributed by atoms with Crippen LogP contribution in [0.2, 0.25) is 18.1 Å². The number of hydrogen-bond acceptors (Lipinski definition) is 4. The Morgan fingerprint density at radius 3 is 2.07 bits per heavy atom. The highest BCUT2D eigenvalue weighted by molar-refractivity contribution is 6.74. The Hall–Kier alpha value is -0.628. The van der Waals surface area contributed by atoms with Crippen LogP contribution in [0.5, 0.6) is 0 Å². The number of hydrogen-bond donors (Lipinski definition) is 0. The van der Waals surface area contributed by atoms with E-state index in [1.165, 1.54) is 0 Å². The number of aromatic nitrogens is 2. The first-order valence-corrected chi connectivity index (χ1v) is 14.1. The fourth-order valence-corrected chi connectivity index (χ4v) is 5.43. The van der Waals surface area contributed by atoms with Crippen molar-refractivity contribution in [3.8, 4) is 0 Å². The summed E-state index contributed by atoms with van der Waals surface area (Å²) in [7, 11) is -2.04. The third kappa shape index (κ3) is 4.39. The quantitative estimate of drug-likeness (QED) is 0.644. The molecule has 0 radical (unpaired) electrons. The lowest BCUT2D eigenvalue weighted by molar-refractivity contribution is 0.00578. The first-order chi connectivity index (χ1) is 13.1. The fraction of sp³-hybridized carbons (Fsp3) is 0.864. The Bertz CT molecular complexity index is 715. The van der Waals surface area contributed by atoms with E-state index in [1.807, 2.05) is 6.20 Å². The second kappa shape index (κ2) is 7.50. The molecule has 0 aromatic carbocycles. The van der Waals surface area contributed by atoms with Crippen molar-refractivity contribution in [2.75, 3.05) is 0 Å². The molecule has 1 aliphatic carbocycles. The van der Waals surface area contributed by atoms with Crippen LogP contribution in [0.3, 0.4) is 0 Å². The molecule has 7 heteroatoms. The normalized spacial score (nSPS) is 27.4. The van der Waals surface area contributed by atoms with Gasteiger partial charge in [0.1, 0.15) is 0 Å². The van der Waals surface area contributed by atoms with E-state index >= 15 is 0 Å². The second-order valence-electron chi connectivity index (χ2n) is 11.5. The van der Waals surface area contributed by atoms with Gasteiger partial charge in [-0.25, -0.2) is 0 Å². The maximum Gasteiger partial charge on any atom is 0.498 e. The summed E-state index contributed by atoms with van der Waals surface area (Å²) in [6.45, 7) is 22.2. The molecule has 1 aromatic heterocycles. The summed E-state index contributed by atoms with van der Waals surface area (Å²) in [4.78, 5) is 0. The molecule has 0 amide bonds. The molecular formula is C22H41BN2O3Si. The summed E-state index contributed by atoms with van der Waals surface area (Å²) in [6, 6.07) is 0.436. The third-order valence-corrected chi connectivity index (χ3v) is 12.4. The summed E-state index contributed by atoms with van der Waals surface area (Å²) >= 11 is 0. The Morgan fingerprint density at radius 2 is 1.59 bits per heavy atom. The summed E-state index contributed by atoms with van der Waals surface area (Å²) in [6.07, 6.45) is 6.79. The number of rotatable bonds is 4. The summed E-state index contributed by atoms with van der Waals surface area (Å²) in [5.74, 6) is 0. The molecule has 0 bridgehead atoms. The van der Waals surface area contributed by atoms with Gasteiger partial charge in [0.15, 0.2) is 8.32 Å². The molecule has 29 heavy (non-hydrogen) atoms. The molecule has 1 aromatic rings. The Morgan fingerprint density at radius 1 is 1.07 bits per heavy atom. The van der Waals surface area contributed by atoms with Crippen molar-refractivity contribution in [1.29, 1.82) is 0 Å². The predicted octanol–water partition coefficient (Wildman–Crippen LogP) is 5.00. The van der Waals surface area contributed by atoms with Crippen LogP contribution < -0.4 is 5.46 Å². The molecular weight excluding hydrogens is 379 g/mol. The van der Waals surface area contributed by atoms with E-state index in [2.05, 4.69) is 73.2 Å². The van der Waals surface area contributed by atoms with Gasteiger partial charge in [-0.1, -0.05) is 20.8 Å². The fourth-order valence-electron chi connectivity index (χ4n) is 4.01. The van der Waals surface area contributed by atoms with Gasteiger partial charge in [0, 0.05) is 23.5 Å². The van der Waals surface area contributed by atoms with Crippen LogP contribution in [0.25, 0.3) is 0 Å².